The largest absolute Gasteiger partial charge is 0.480 e. The Hall–Kier alpha value is -4.53. The topological polar surface area (TPSA) is 105 Å². The van der Waals surface area contributed by atoms with Crippen molar-refractivity contribution in [2.24, 2.45) is 0 Å². The van der Waals surface area contributed by atoms with E-state index >= 15 is 0 Å². The number of hydrogen-bond acceptors (Lipinski definition) is 5. The van der Waals surface area contributed by atoms with Gasteiger partial charge in [-0.25, -0.2) is 4.79 Å². The van der Waals surface area contributed by atoms with Crippen LogP contribution in [-0.2, 0) is 15.3 Å². The Balaban J connectivity index is 1.51. The summed E-state index contributed by atoms with van der Waals surface area (Å²) in [5.74, 6) is -0.457. The maximum Gasteiger partial charge on any atom is 0.327 e. The van der Waals surface area contributed by atoms with Gasteiger partial charge in [-0.15, -0.1) is 0 Å². The summed E-state index contributed by atoms with van der Waals surface area (Å²) in [5.41, 5.74) is 1.81. The zero-order chi connectivity index (χ0) is 29.0. The molecular formula is C32H27ClN2O5S. The van der Waals surface area contributed by atoms with E-state index in [1.165, 1.54) is 30.0 Å². The summed E-state index contributed by atoms with van der Waals surface area (Å²) in [4.78, 5) is 38.2. The first-order valence-corrected chi connectivity index (χ1v) is 14.2. The molecule has 208 valence electrons. The normalized spacial score (nSPS) is 11.8. The van der Waals surface area contributed by atoms with Gasteiger partial charge in [-0.2, -0.15) is 11.8 Å². The predicted molar refractivity (Wildman–Crippen MR) is 162 cm³/mol. The van der Waals surface area contributed by atoms with Crippen LogP contribution in [0.25, 0.3) is 6.08 Å². The molecule has 2 amide bonds. The van der Waals surface area contributed by atoms with Crippen molar-refractivity contribution in [2.75, 3.05) is 5.75 Å². The average Bonchev–Trinajstić information content (AvgIpc) is 2.98. The lowest BCUT2D eigenvalue weighted by Gasteiger charge is -2.17. The molecule has 0 aromatic heterocycles. The molecule has 4 rings (SSSR count). The minimum Gasteiger partial charge on any atom is -0.480 e. The lowest BCUT2D eigenvalue weighted by atomic mass is 10.1. The molecule has 0 saturated heterocycles. The molecule has 1 atom stereocenters. The minimum atomic E-state index is -1.18. The van der Waals surface area contributed by atoms with Crippen LogP contribution in [0.1, 0.15) is 21.5 Å². The van der Waals surface area contributed by atoms with E-state index in [1.54, 1.807) is 36.4 Å². The first kappa shape index (κ1) is 29.5. The smallest absolute Gasteiger partial charge is 0.327 e. The SMILES string of the molecule is O=C(N[C@@H](CSCc1ccccc1)C(=O)O)C(=Cc1ccc(Oc2ccccc2)cc1)NC(=O)c1ccc(Cl)cc1. The Labute approximate surface area is 247 Å². The number of para-hydroxylation sites is 1. The average molecular weight is 587 g/mol. The van der Waals surface area contributed by atoms with Gasteiger partial charge in [0.2, 0.25) is 0 Å². The van der Waals surface area contributed by atoms with Gasteiger partial charge >= 0.3 is 5.97 Å². The maximum atomic E-state index is 13.3. The highest BCUT2D eigenvalue weighted by molar-refractivity contribution is 7.98. The molecule has 0 aliphatic rings. The van der Waals surface area contributed by atoms with Gasteiger partial charge < -0.3 is 20.5 Å². The minimum absolute atomic E-state index is 0.110. The Bertz CT molecular complexity index is 1500. The van der Waals surface area contributed by atoms with Gasteiger partial charge in [0.15, 0.2) is 0 Å². The van der Waals surface area contributed by atoms with E-state index in [9.17, 15) is 19.5 Å². The fourth-order valence-electron chi connectivity index (χ4n) is 3.66. The van der Waals surface area contributed by atoms with Gasteiger partial charge in [0.25, 0.3) is 11.8 Å². The fourth-order valence-corrected chi connectivity index (χ4v) is 4.79. The molecule has 9 heteroatoms. The van der Waals surface area contributed by atoms with Crippen LogP contribution < -0.4 is 15.4 Å². The number of benzene rings is 4. The van der Waals surface area contributed by atoms with Crippen molar-refractivity contribution in [3.05, 3.63) is 137 Å². The van der Waals surface area contributed by atoms with Gasteiger partial charge in [0, 0.05) is 22.1 Å². The molecule has 3 N–H and O–H groups in total. The third-order valence-corrected chi connectivity index (χ3v) is 7.13. The van der Waals surface area contributed by atoms with E-state index in [1.807, 2.05) is 60.7 Å². The van der Waals surface area contributed by atoms with Crippen LogP contribution in [0, 0.1) is 0 Å². The summed E-state index contributed by atoms with van der Waals surface area (Å²) in [5, 5.41) is 15.4. The highest BCUT2D eigenvalue weighted by Gasteiger charge is 2.23. The number of thioether (sulfide) groups is 1. The van der Waals surface area contributed by atoms with E-state index in [4.69, 9.17) is 16.3 Å². The third kappa shape index (κ3) is 9.27. The maximum absolute atomic E-state index is 13.3. The molecule has 0 radical (unpaired) electrons. The van der Waals surface area contributed by atoms with Crippen molar-refractivity contribution >= 4 is 47.2 Å². The van der Waals surface area contributed by atoms with E-state index in [0.717, 1.165) is 5.56 Å². The summed E-state index contributed by atoms with van der Waals surface area (Å²) >= 11 is 7.32. The molecule has 0 aliphatic heterocycles. The molecule has 4 aromatic carbocycles. The molecule has 0 spiro atoms. The van der Waals surface area contributed by atoms with Crippen molar-refractivity contribution in [1.82, 2.24) is 10.6 Å². The van der Waals surface area contributed by atoms with Crippen LogP contribution in [-0.4, -0.2) is 34.7 Å². The number of carboxylic acids is 1. The van der Waals surface area contributed by atoms with Crippen LogP contribution in [0.4, 0.5) is 0 Å². The van der Waals surface area contributed by atoms with Gasteiger partial charge in [-0.1, -0.05) is 72.3 Å². The van der Waals surface area contributed by atoms with Crippen LogP contribution >= 0.6 is 23.4 Å². The highest BCUT2D eigenvalue weighted by atomic mass is 35.5. The van der Waals surface area contributed by atoms with Crippen molar-refractivity contribution in [2.45, 2.75) is 11.8 Å². The molecule has 0 heterocycles. The zero-order valence-corrected chi connectivity index (χ0v) is 23.4. The Morgan fingerprint density at radius 1 is 0.829 bits per heavy atom. The summed E-state index contributed by atoms with van der Waals surface area (Å²) in [6, 6.07) is 30.9. The van der Waals surface area contributed by atoms with E-state index < -0.39 is 23.8 Å². The zero-order valence-electron chi connectivity index (χ0n) is 21.8. The Morgan fingerprint density at radius 2 is 1.44 bits per heavy atom. The lowest BCUT2D eigenvalue weighted by molar-refractivity contribution is -0.140. The van der Waals surface area contributed by atoms with Gasteiger partial charge in [-0.05, 0) is 65.7 Å². The van der Waals surface area contributed by atoms with Crippen molar-refractivity contribution in [3.63, 3.8) is 0 Å². The number of rotatable bonds is 12. The number of hydrogen-bond donors (Lipinski definition) is 3. The molecular weight excluding hydrogens is 560 g/mol. The van der Waals surface area contributed by atoms with Gasteiger partial charge in [-0.3, -0.25) is 9.59 Å². The van der Waals surface area contributed by atoms with Crippen molar-refractivity contribution in [3.8, 4) is 11.5 Å². The molecule has 41 heavy (non-hydrogen) atoms. The number of ether oxygens (including phenoxy) is 1. The summed E-state index contributed by atoms with van der Waals surface area (Å²) < 4.78 is 5.82. The summed E-state index contributed by atoms with van der Waals surface area (Å²) in [7, 11) is 0. The number of aliphatic carboxylic acids is 1. The predicted octanol–water partition coefficient (Wildman–Crippen LogP) is 6.41. The van der Waals surface area contributed by atoms with E-state index in [2.05, 4.69) is 10.6 Å². The monoisotopic (exact) mass is 586 g/mol. The van der Waals surface area contributed by atoms with Crippen LogP contribution in [0.5, 0.6) is 11.5 Å². The Morgan fingerprint density at radius 3 is 2.07 bits per heavy atom. The van der Waals surface area contributed by atoms with Crippen molar-refractivity contribution in [1.29, 1.82) is 0 Å². The number of carboxylic acid groups (broad SMARTS) is 1. The quantitative estimate of drug-likeness (QED) is 0.166. The number of nitrogens with one attached hydrogen (secondary N) is 2. The van der Waals surface area contributed by atoms with E-state index in [-0.39, 0.29) is 17.0 Å². The number of amides is 2. The van der Waals surface area contributed by atoms with Gasteiger partial charge in [0.1, 0.15) is 23.2 Å². The molecule has 0 unspecified atom stereocenters. The summed E-state index contributed by atoms with van der Waals surface area (Å²) in [6.45, 7) is 0. The molecule has 4 aromatic rings. The second-order valence-electron chi connectivity index (χ2n) is 8.87. The molecule has 0 aliphatic carbocycles. The lowest BCUT2D eigenvalue weighted by Crippen LogP contribution is -2.45. The summed E-state index contributed by atoms with van der Waals surface area (Å²) in [6.07, 6.45) is 1.48. The van der Waals surface area contributed by atoms with Crippen molar-refractivity contribution < 1.29 is 24.2 Å². The first-order valence-electron chi connectivity index (χ1n) is 12.6. The molecule has 0 bridgehead atoms. The second kappa shape index (κ2) is 14.7. The third-order valence-electron chi connectivity index (χ3n) is 5.77. The fraction of sp³-hybridized carbons (Fsp3) is 0.0938. The number of carbonyl (C=O) groups excluding carboxylic acids is 2. The molecule has 0 saturated carbocycles. The number of carbonyl (C=O) groups is 3. The Kier molecular flexibility index (Phi) is 10.6. The molecule has 0 fully saturated rings. The first-order chi connectivity index (χ1) is 19.9. The van der Waals surface area contributed by atoms with Gasteiger partial charge in [0.05, 0.1) is 0 Å². The van der Waals surface area contributed by atoms with Crippen LogP contribution in [0.3, 0.4) is 0 Å². The standard InChI is InChI=1S/C32H27ClN2O5S/c33-25-15-13-24(14-16-25)30(36)34-28(19-22-11-17-27(18-12-22)40-26-9-5-2-6-10-26)31(37)35-29(32(38)39)21-41-20-23-7-3-1-4-8-23/h1-19,29H,20-21H2,(H,34,36)(H,35,37)(H,38,39)/t29-/m0/s1. The molecule has 7 nitrogen and oxygen atoms in total. The highest BCUT2D eigenvalue weighted by Crippen LogP contribution is 2.22. The second-order valence-corrected chi connectivity index (χ2v) is 10.3. The van der Waals surface area contributed by atoms with E-state index in [0.29, 0.717) is 27.8 Å². The number of halogens is 1. The van der Waals surface area contributed by atoms with Crippen LogP contribution in [0.2, 0.25) is 5.02 Å². The van der Waals surface area contributed by atoms with Crippen LogP contribution in [0.15, 0.2) is 115 Å².